The molecule has 27 heavy (non-hydrogen) atoms. The fraction of sp³-hybridized carbons (Fsp3) is 0.556. The van der Waals surface area contributed by atoms with E-state index in [4.69, 9.17) is 9.47 Å². The Labute approximate surface area is 155 Å². The summed E-state index contributed by atoms with van der Waals surface area (Å²) in [6, 6.07) is 2.30. The molecule has 3 saturated heterocycles. The first-order valence-corrected chi connectivity index (χ1v) is 8.97. The van der Waals surface area contributed by atoms with Gasteiger partial charge in [0.15, 0.2) is 11.6 Å². The fourth-order valence-electron chi connectivity index (χ4n) is 3.63. The zero-order valence-corrected chi connectivity index (χ0v) is 15.0. The number of anilines is 2. The first-order chi connectivity index (χ1) is 12.9. The van der Waals surface area contributed by atoms with E-state index in [1.807, 2.05) is 0 Å². The lowest BCUT2D eigenvalue weighted by Gasteiger charge is -2.32. The number of halogens is 2. The summed E-state index contributed by atoms with van der Waals surface area (Å²) in [4.78, 5) is 25.9. The lowest BCUT2D eigenvalue weighted by molar-refractivity contribution is -0.119. The molecule has 4 rings (SSSR count). The van der Waals surface area contributed by atoms with E-state index in [0.29, 0.717) is 13.1 Å². The number of epoxide rings is 1. The van der Waals surface area contributed by atoms with E-state index < -0.39 is 23.8 Å². The molecule has 0 radical (unpaired) electrons. The van der Waals surface area contributed by atoms with Gasteiger partial charge in [-0.15, -0.1) is 0 Å². The van der Waals surface area contributed by atoms with E-state index in [2.05, 4.69) is 5.32 Å². The second-order valence-corrected chi connectivity index (χ2v) is 7.27. The lowest BCUT2D eigenvalue weighted by atomic mass is 9.97. The molecule has 9 heteroatoms. The van der Waals surface area contributed by atoms with Crippen molar-refractivity contribution in [2.75, 3.05) is 42.6 Å². The largest absolute Gasteiger partial charge is 0.442 e. The number of benzene rings is 1. The third-order valence-corrected chi connectivity index (χ3v) is 5.31. The molecule has 1 atom stereocenters. The number of nitrogens with zero attached hydrogens (tertiary/aromatic N) is 2. The molecular weight excluding hydrogens is 360 g/mol. The molecule has 1 N–H and O–H groups in total. The molecule has 0 saturated carbocycles. The van der Waals surface area contributed by atoms with Gasteiger partial charge in [-0.1, -0.05) is 0 Å². The summed E-state index contributed by atoms with van der Waals surface area (Å²) in [6.45, 7) is 3.39. The van der Waals surface area contributed by atoms with Gasteiger partial charge < -0.3 is 19.7 Å². The summed E-state index contributed by atoms with van der Waals surface area (Å²) >= 11 is 0. The Bertz CT molecular complexity index is 751. The Hall–Kier alpha value is -2.42. The maximum Gasteiger partial charge on any atom is 0.414 e. The van der Waals surface area contributed by atoms with Crippen LogP contribution >= 0.6 is 0 Å². The molecule has 3 aliphatic rings. The van der Waals surface area contributed by atoms with Gasteiger partial charge in [-0.25, -0.2) is 13.6 Å². The van der Waals surface area contributed by atoms with E-state index >= 15 is 0 Å². The van der Waals surface area contributed by atoms with Crippen molar-refractivity contribution in [2.24, 2.45) is 0 Å². The predicted molar refractivity (Wildman–Crippen MR) is 92.8 cm³/mol. The average Bonchev–Trinajstić information content (AvgIpc) is 3.26. The minimum absolute atomic E-state index is 0.0726. The van der Waals surface area contributed by atoms with E-state index in [1.165, 1.54) is 11.8 Å². The smallest absolute Gasteiger partial charge is 0.414 e. The SMILES string of the molecule is CC(=O)NC[C@H]1CN(c2cc(F)c(N3CCC4(CC3)CO4)c(F)c2)C(=O)O1. The highest BCUT2D eigenvalue weighted by atomic mass is 19.1. The lowest BCUT2D eigenvalue weighted by Crippen LogP contribution is -2.38. The number of hydrogen-bond donors (Lipinski definition) is 1. The van der Waals surface area contributed by atoms with Crippen LogP contribution in [0.5, 0.6) is 0 Å². The molecule has 1 aromatic carbocycles. The quantitative estimate of drug-likeness (QED) is 0.805. The monoisotopic (exact) mass is 381 g/mol. The summed E-state index contributed by atoms with van der Waals surface area (Å²) in [5.74, 6) is -1.67. The van der Waals surface area contributed by atoms with Crippen molar-refractivity contribution in [3.63, 3.8) is 0 Å². The molecule has 146 valence electrons. The van der Waals surface area contributed by atoms with Gasteiger partial charge in [0.1, 0.15) is 11.8 Å². The van der Waals surface area contributed by atoms with Gasteiger partial charge in [-0.05, 0) is 12.8 Å². The predicted octanol–water partition coefficient (Wildman–Crippen LogP) is 1.80. The van der Waals surface area contributed by atoms with Crippen LogP contribution in [0.15, 0.2) is 12.1 Å². The van der Waals surface area contributed by atoms with Crippen LogP contribution in [0.3, 0.4) is 0 Å². The van der Waals surface area contributed by atoms with Gasteiger partial charge in [-0.3, -0.25) is 9.69 Å². The molecule has 0 aliphatic carbocycles. The van der Waals surface area contributed by atoms with Gasteiger partial charge in [-0.2, -0.15) is 0 Å². The number of rotatable bonds is 4. The number of ether oxygens (including phenoxy) is 2. The zero-order chi connectivity index (χ0) is 19.2. The highest BCUT2D eigenvalue weighted by molar-refractivity contribution is 5.90. The summed E-state index contributed by atoms with van der Waals surface area (Å²) in [7, 11) is 0. The number of cyclic esters (lactones) is 1. The molecule has 1 spiro atoms. The topological polar surface area (TPSA) is 74.4 Å². The Morgan fingerprint density at radius 1 is 1.30 bits per heavy atom. The molecular formula is C18H21F2N3O4. The first-order valence-electron chi connectivity index (χ1n) is 8.97. The average molecular weight is 381 g/mol. The Kier molecular flexibility index (Phi) is 4.41. The Morgan fingerprint density at radius 3 is 2.48 bits per heavy atom. The van der Waals surface area contributed by atoms with Crippen LogP contribution in [-0.2, 0) is 14.3 Å². The number of piperidine rings is 1. The second kappa shape index (κ2) is 6.63. The summed E-state index contributed by atoms with van der Waals surface area (Å²) in [6.07, 6.45) is 0.236. The van der Waals surface area contributed by atoms with Crippen LogP contribution in [0, 0.1) is 11.6 Å². The van der Waals surface area contributed by atoms with Crippen molar-refractivity contribution in [3.8, 4) is 0 Å². The van der Waals surface area contributed by atoms with Gasteiger partial charge in [0.2, 0.25) is 5.91 Å². The minimum atomic E-state index is -0.712. The molecule has 0 aromatic heterocycles. The van der Waals surface area contributed by atoms with Crippen molar-refractivity contribution >= 4 is 23.4 Å². The maximum absolute atomic E-state index is 14.7. The Morgan fingerprint density at radius 2 is 1.93 bits per heavy atom. The van der Waals surface area contributed by atoms with E-state index in [-0.39, 0.29) is 36.0 Å². The summed E-state index contributed by atoms with van der Waals surface area (Å²) < 4.78 is 39.9. The van der Waals surface area contributed by atoms with Crippen LogP contribution in [0.2, 0.25) is 0 Å². The van der Waals surface area contributed by atoms with Crippen molar-refractivity contribution in [1.82, 2.24) is 5.32 Å². The van der Waals surface area contributed by atoms with Crippen molar-refractivity contribution in [1.29, 1.82) is 0 Å². The normalized spacial score (nSPS) is 23.5. The van der Waals surface area contributed by atoms with E-state index in [9.17, 15) is 18.4 Å². The van der Waals surface area contributed by atoms with Gasteiger partial charge in [0.25, 0.3) is 0 Å². The molecule has 1 aromatic rings. The van der Waals surface area contributed by atoms with Crippen molar-refractivity contribution < 1.29 is 27.8 Å². The molecule has 3 aliphatic heterocycles. The second-order valence-electron chi connectivity index (χ2n) is 7.27. The van der Waals surface area contributed by atoms with Crippen molar-refractivity contribution in [3.05, 3.63) is 23.8 Å². The van der Waals surface area contributed by atoms with Crippen LogP contribution in [-0.4, -0.2) is 56.5 Å². The van der Waals surface area contributed by atoms with Gasteiger partial charge >= 0.3 is 6.09 Å². The fourth-order valence-corrected chi connectivity index (χ4v) is 3.63. The standard InChI is InChI=1S/C18H21F2N3O4/c1-11(24)21-8-13-9-23(17(25)27-13)12-6-14(19)16(15(20)7-12)22-4-2-18(3-5-22)10-26-18/h6-7,13H,2-5,8-10H2,1H3,(H,21,24)/t13-/m0/s1. The van der Waals surface area contributed by atoms with Crippen LogP contribution in [0.4, 0.5) is 25.0 Å². The molecule has 3 fully saturated rings. The van der Waals surface area contributed by atoms with E-state index in [0.717, 1.165) is 31.6 Å². The van der Waals surface area contributed by atoms with E-state index in [1.54, 1.807) is 4.90 Å². The third-order valence-electron chi connectivity index (χ3n) is 5.31. The molecule has 7 nitrogen and oxygen atoms in total. The van der Waals surface area contributed by atoms with Gasteiger partial charge in [0.05, 0.1) is 31.0 Å². The highest BCUT2D eigenvalue weighted by Crippen LogP contribution is 2.40. The summed E-state index contributed by atoms with van der Waals surface area (Å²) in [5, 5.41) is 2.56. The minimum Gasteiger partial charge on any atom is -0.442 e. The van der Waals surface area contributed by atoms with Crippen molar-refractivity contribution in [2.45, 2.75) is 31.5 Å². The number of nitrogens with one attached hydrogen (secondary N) is 1. The number of carbonyl (C=O) groups is 2. The van der Waals surface area contributed by atoms with Crippen LogP contribution < -0.4 is 15.1 Å². The molecule has 0 bridgehead atoms. The van der Waals surface area contributed by atoms with Gasteiger partial charge in [0, 0.05) is 32.1 Å². The Balaban J connectivity index is 1.48. The molecule has 0 unspecified atom stereocenters. The van der Waals surface area contributed by atoms with Crippen LogP contribution in [0.25, 0.3) is 0 Å². The number of carbonyl (C=O) groups excluding carboxylic acids is 2. The third kappa shape index (κ3) is 3.55. The summed E-state index contributed by atoms with van der Waals surface area (Å²) in [5.41, 5.74) is -0.0503. The maximum atomic E-state index is 14.7. The molecule has 2 amide bonds. The number of amides is 2. The number of hydrogen-bond acceptors (Lipinski definition) is 5. The zero-order valence-electron chi connectivity index (χ0n) is 15.0. The highest BCUT2D eigenvalue weighted by Gasteiger charge is 2.47. The molecule has 3 heterocycles. The first kappa shape index (κ1) is 18.0. The van der Waals surface area contributed by atoms with Crippen LogP contribution in [0.1, 0.15) is 19.8 Å².